The standard InChI is InChI=1S/C14H18N2O4/c1-9(2)8-15(4)11-6-10(3)13(16(18)19)12(7-11)14(17)20-5/h6-7H,1,8H2,2-5H3. The SMILES string of the molecule is C=C(C)CN(C)c1cc(C)c([N+](=O)[O-])c(C(=O)OC)c1. The van der Waals surface area contributed by atoms with Gasteiger partial charge in [-0.2, -0.15) is 0 Å². The number of nitro groups is 1. The highest BCUT2D eigenvalue weighted by Crippen LogP contribution is 2.29. The van der Waals surface area contributed by atoms with Crippen LogP contribution in [0.25, 0.3) is 0 Å². The maximum Gasteiger partial charge on any atom is 0.344 e. The van der Waals surface area contributed by atoms with Crippen LogP contribution in [0.15, 0.2) is 24.3 Å². The summed E-state index contributed by atoms with van der Waals surface area (Å²) in [5.41, 5.74) is 1.81. The molecule has 0 aliphatic rings. The van der Waals surface area contributed by atoms with Crippen molar-refractivity contribution in [1.82, 2.24) is 0 Å². The highest BCUT2D eigenvalue weighted by Gasteiger charge is 2.25. The van der Waals surface area contributed by atoms with Gasteiger partial charge in [0, 0.05) is 24.8 Å². The Morgan fingerprint density at radius 3 is 2.55 bits per heavy atom. The summed E-state index contributed by atoms with van der Waals surface area (Å²) in [5.74, 6) is -0.717. The topological polar surface area (TPSA) is 72.7 Å². The van der Waals surface area contributed by atoms with E-state index in [0.717, 1.165) is 5.57 Å². The lowest BCUT2D eigenvalue weighted by Gasteiger charge is -2.20. The molecule has 0 atom stereocenters. The molecule has 0 radical (unpaired) electrons. The Morgan fingerprint density at radius 1 is 1.50 bits per heavy atom. The Bertz CT molecular complexity index is 567. The number of hydrogen-bond acceptors (Lipinski definition) is 5. The normalized spacial score (nSPS) is 10.0. The highest BCUT2D eigenvalue weighted by atomic mass is 16.6. The second-order valence-corrected chi connectivity index (χ2v) is 4.72. The zero-order valence-electron chi connectivity index (χ0n) is 12.1. The molecule has 0 bridgehead atoms. The summed E-state index contributed by atoms with van der Waals surface area (Å²) in [5, 5.41) is 11.1. The molecule has 108 valence electrons. The molecule has 0 saturated heterocycles. The Kier molecular flexibility index (Phi) is 4.85. The molecule has 6 heteroatoms. The number of aryl methyl sites for hydroxylation is 1. The molecular weight excluding hydrogens is 260 g/mol. The average molecular weight is 278 g/mol. The molecule has 1 rings (SSSR count). The van der Waals surface area contributed by atoms with Crippen molar-refractivity contribution in [2.75, 3.05) is 25.6 Å². The van der Waals surface area contributed by atoms with E-state index in [9.17, 15) is 14.9 Å². The molecular formula is C14H18N2O4. The molecule has 1 aromatic carbocycles. The van der Waals surface area contributed by atoms with E-state index >= 15 is 0 Å². The Labute approximate surface area is 117 Å². The van der Waals surface area contributed by atoms with E-state index in [-0.39, 0.29) is 11.3 Å². The minimum atomic E-state index is -0.717. The summed E-state index contributed by atoms with van der Waals surface area (Å²) in [6.45, 7) is 7.90. The second-order valence-electron chi connectivity index (χ2n) is 4.72. The van der Waals surface area contributed by atoms with E-state index in [1.165, 1.54) is 13.2 Å². The highest BCUT2D eigenvalue weighted by molar-refractivity contribution is 5.95. The molecule has 20 heavy (non-hydrogen) atoms. The number of benzene rings is 1. The first kappa shape index (κ1) is 15.7. The van der Waals surface area contributed by atoms with Crippen molar-refractivity contribution in [3.05, 3.63) is 45.5 Å². The van der Waals surface area contributed by atoms with Crippen molar-refractivity contribution in [2.45, 2.75) is 13.8 Å². The summed E-state index contributed by atoms with van der Waals surface area (Å²) >= 11 is 0. The van der Waals surface area contributed by atoms with E-state index in [0.29, 0.717) is 17.8 Å². The lowest BCUT2D eigenvalue weighted by molar-refractivity contribution is -0.385. The lowest BCUT2D eigenvalue weighted by atomic mass is 10.1. The number of ether oxygens (including phenoxy) is 1. The van der Waals surface area contributed by atoms with Crippen LogP contribution in [0.4, 0.5) is 11.4 Å². The number of nitro benzene ring substituents is 1. The first-order valence-electron chi connectivity index (χ1n) is 6.00. The number of carbonyl (C=O) groups is 1. The second kappa shape index (κ2) is 6.18. The minimum absolute atomic E-state index is 0.0407. The number of hydrogen-bond donors (Lipinski definition) is 0. The Hall–Kier alpha value is -2.37. The third-order valence-corrected chi connectivity index (χ3v) is 2.82. The molecule has 0 saturated carbocycles. The van der Waals surface area contributed by atoms with Crippen LogP contribution in [0, 0.1) is 17.0 Å². The summed E-state index contributed by atoms with van der Waals surface area (Å²) in [6, 6.07) is 3.15. The zero-order chi connectivity index (χ0) is 15.4. The van der Waals surface area contributed by atoms with Crippen LogP contribution in [-0.4, -0.2) is 31.6 Å². The molecule has 0 amide bonds. The van der Waals surface area contributed by atoms with Crippen LogP contribution < -0.4 is 4.90 Å². The predicted molar refractivity (Wildman–Crippen MR) is 77.3 cm³/mol. The van der Waals surface area contributed by atoms with Crippen molar-refractivity contribution in [2.24, 2.45) is 0 Å². The fraction of sp³-hybridized carbons (Fsp3) is 0.357. The van der Waals surface area contributed by atoms with E-state index in [2.05, 4.69) is 11.3 Å². The largest absolute Gasteiger partial charge is 0.465 e. The van der Waals surface area contributed by atoms with Crippen molar-refractivity contribution < 1.29 is 14.5 Å². The van der Waals surface area contributed by atoms with Gasteiger partial charge >= 0.3 is 5.97 Å². The van der Waals surface area contributed by atoms with Gasteiger partial charge in [-0.1, -0.05) is 12.2 Å². The van der Waals surface area contributed by atoms with E-state index in [1.807, 2.05) is 18.9 Å². The predicted octanol–water partition coefficient (Wildman–Crippen LogP) is 2.70. The van der Waals surface area contributed by atoms with Gasteiger partial charge in [0.25, 0.3) is 5.69 Å². The molecule has 0 spiro atoms. The summed E-state index contributed by atoms with van der Waals surface area (Å²) < 4.78 is 4.62. The fourth-order valence-electron chi connectivity index (χ4n) is 1.98. The molecule has 0 aliphatic heterocycles. The monoisotopic (exact) mass is 278 g/mol. The van der Waals surface area contributed by atoms with Crippen LogP contribution in [0.5, 0.6) is 0 Å². The number of carbonyl (C=O) groups excluding carboxylic acids is 1. The smallest absolute Gasteiger partial charge is 0.344 e. The molecule has 0 aliphatic carbocycles. The minimum Gasteiger partial charge on any atom is -0.465 e. The molecule has 0 N–H and O–H groups in total. The van der Waals surface area contributed by atoms with Crippen LogP contribution in [0.1, 0.15) is 22.8 Å². The Balaban J connectivity index is 3.38. The van der Waals surface area contributed by atoms with Gasteiger partial charge in [-0.25, -0.2) is 4.79 Å². The van der Waals surface area contributed by atoms with Gasteiger partial charge in [0.2, 0.25) is 0 Å². The van der Waals surface area contributed by atoms with Crippen LogP contribution in [0.3, 0.4) is 0 Å². The maximum atomic E-state index is 11.7. The van der Waals surface area contributed by atoms with Crippen molar-refractivity contribution in [1.29, 1.82) is 0 Å². The molecule has 0 aromatic heterocycles. The molecule has 0 fully saturated rings. The first-order valence-corrected chi connectivity index (χ1v) is 6.00. The first-order chi connectivity index (χ1) is 9.27. The maximum absolute atomic E-state index is 11.7. The van der Waals surface area contributed by atoms with Gasteiger partial charge in [-0.05, 0) is 26.0 Å². The molecule has 0 unspecified atom stereocenters. The lowest BCUT2D eigenvalue weighted by Crippen LogP contribution is -2.20. The molecule has 6 nitrogen and oxygen atoms in total. The number of anilines is 1. The zero-order valence-corrected chi connectivity index (χ0v) is 12.1. The summed E-state index contributed by atoms with van der Waals surface area (Å²) in [7, 11) is 3.03. The summed E-state index contributed by atoms with van der Waals surface area (Å²) in [6.07, 6.45) is 0. The number of likely N-dealkylation sites (N-methyl/N-ethyl adjacent to an activating group) is 1. The number of methoxy groups -OCH3 is 1. The van der Waals surface area contributed by atoms with Gasteiger partial charge in [0.05, 0.1) is 12.0 Å². The number of esters is 1. The molecule has 0 heterocycles. The van der Waals surface area contributed by atoms with E-state index in [1.54, 1.807) is 13.0 Å². The van der Waals surface area contributed by atoms with Crippen molar-refractivity contribution in [3.8, 4) is 0 Å². The van der Waals surface area contributed by atoms with Gasteiger partial charge in [-0.15, -0.1) is 0 Å². The number of nitrogens with zero attached hydrogens (tertiary/aromatic N) is 2. The van der Waals surface area contributed by atoms with E-state index in [4.69, 9.17) is 0 Å². The van der Waals surface area contributed by atoms with Gasteiger partial charge in [0.15, 0.2) is 0 Å². The fourth-order valence-corrected chi connectivity index (χ4v) is 1.98. The van der Waals surface area contributed by atoms with Crippen molar-refractivity contribution >= 4 is 17.3 Å². The van der Waals surface area contributed by atoms with Crippen LogP contribution >= 0.6 is 0 Å². The van der Waals surface area contributed by atoms with Gasteiger partial charge < -0.3 is 9.64 Å². The van der Waals surface area contributed by atoms with Crippen LogP contribution in [0.2, 0.25) is 0 Å². The third-order valence-electron chi connectivity index (χ3n) is 2.82. The average Bonchev–Trinajstić information content (AvgIpc) is 2.35. The van der Waals surface area contributed by atoms with Gasteiger partial charge in [0.1, 0.15) is 5.56 Å². The van der Waals surface area contributed by atoms with Crippen LogP contribution in [-0.2, 0) is 4.74 Å². The molecule has 1 aromatic rings. The summed E-state index contributed by atoms with van der Waals surface area (Å²) in [4.78, 5) is 24.1. The third kappa shape index (κ3) is 3.34. The number of rotatable bonds is 5. The van der Waals surface area contributed by atoms with E-state index < -0.39 is 10.9 Å². The quantitative estimate of drug-likeness (QED) is 0.358. The Morgan fingerprint density at radius 2 is 2.10 bits per heavy atom. The van der Waals surface area contributed by atoms with Crippen molar-refractivity contribution in [3.63, 3.8) is 0 Å². The van der Waals surface area contributed by atoms with Gasteiger partial charge in [-0.3, -0.25) is 10.1 Å².